The van der Waals surface area contributed by atoms with Crippen molar-refractivity contribution in [3.05, 3.63) is 0 Å². The number of nitrogens with one attached hydrogen (secondary N) is 1. The third-order valence-corrected chi connectivity index (χ3v) is 6.81. The fourth-order valence-electron chi connectivity index (χ4n) is 5.40. The Labute approximate surface area is 157 Å². The van der Waals surface area contributed by atoms with Gasteiger partial charge >= 0.3 is 0 Å². The second-order valence-corrected chi connectivity index (χ2v) is 8.60. The van der Waals surface area contributed by atoms with E-state index in [-0.39, 0.29) is 35.6 Å². The first-order valence-corrected chi connectivity index (χ1v) is 9.68. The van der Waals surface area contributed by atoms with Gasteiger partial charge in [0, 0.05) is 32.6 Å². The van der Waals surface area contributed by atoms with Crippen molar-refractivity contribution >= 4 is 24.2 Å². The van der Waals surface area contributed by atoms with Crippen LogP contribution in [0.3, 0.4) is 0 Å². The monoisotopic (exact) mass is 371 g/mol. The molecule has 0 aliphatic heterocycles. The number of carbonyl (C=O) groups excluding carboxylic acids is 2. The average molecular weight is 372 g/mol. The van der Waals surface area contributed by atoms with Gasteiger partial charge < -0.3 is 16.0 Å². The molecule has 6 heteroatoms. The van der Waals surface area contributed by atoms with Crippen LogP contribution in [0.25, 0.3) is 0 Å². The molecule has 2 atom stereocenters. The van der Waals surface area contributed by atoms with E-state index in [9.17, 15) is 9.59 Å². The normalized spacial score (nSPS) is 33.2. The summed E-state index contributed by atoms with van der Waals surface area (Å²) in [6.07, 6.45) is 9.41. The standard InChI is InChI=1S/C19H33N3O2.ClH/c1-22(2)18(24)19(8-3-4-9-19)12-21-17(23)15-10-13-6-5-7-14(11-15)16(13)20;/h13-16H,3-12,20H2,1-2H3,(H,21,23);1H. The number of halogens is 1. The molecule has 144 valence electrons. The van der Waals surface area contributed by atoms with E-state index in [4.69, 9.17) is 5.73 Å². The summed E-state index contributed by atoms with van der Waals surface area (Å²) in [5.41, 5.74) is 5.96. The van der Waals surface area contributed by atoms with E-state index in [1.165, 1.54) is 19.3 Å². The lowest BCUT2D eigenvalue weighted by atomic mass is 9.65. The second kappa shape index (κ2) is 8.26. The molecule has 3 N–H and O–H groups in total. The van der Waals surface area contributed by atoms with Crippen molar-refractivity contribution in [1.82, 2.24) is 10.2 Å². The Morgan fingerprint density at radius 1 is 1.08 bits per heavy atom. The Bertz CT molecular complexity index is 477. The highest BCUT2D eigenvalue weighted by molar-refractivity contribution is 5.85. The van der Waals surface area contributed by atoms with Crippen LogP contribution in [0.5, 0.6) is 0 Å². The van der Waals surface area contributed by atoms with Gasteiger partial charge in [0.1, 0.15) is 0 Å². The molecule has 3 rings (SSSR count). The van der Waals surface area contributed by atoms with E-state index < -0.39 is 0 Å². The van der Waals surface area contributed by atoms with Crippen molar-refractivity contribution in [3.8, 4) is 0 Å². The number of amides is 2. The van der Waals surface area contributed by atoms with E-state index in [1.54, 1.807) is 4.90 Å². The maximum atomic E-state index is 12.8. The molecule has 3 aliphatic carbocycles. The summed E-state index contributed by atoms with van der Waals surface area (Å²) in [5, 5.41) is 3.15. The minimum atomic E-state index is -0.375. The predicted molar refractivity (Wildman–Crippen MR) is 101 cm³/mol. The number of nitrogens with two attached hydrogens (primary N) is 1. The zero-order valence-electron chi connectivity index (χ0n) is 15.6. The Morgan fingerprint density at radius 3 is 2.16 bits per heavy atom. The zero-order valence-corrected chi connectivity index (χ0v) is 16.4. The van der Waals surface area contributed by atoms with Crippen LogP contribution in [0.2, 0.25) is 0 Å². The van der Waals surface area contributed by atoms with Crippen molar-refractivity contribution in [1.29, 1.82) is 0 Å². The Kier molecular flexibility index (Phi) is 6.77. The summed E-state index contributed by atoms with van der Waals surface area (Å²) < 4.78 is 0. The van der Waals surface area contributed by atoms with Crippen LogP contribution >= 0.6 is 12.4 Å². The molecule has 0 heterocycles. The van der Waals surface area contributed by atoms with E-state index in [0.717, 1.165) is 38.5 Å². The van der Waals surface area contributed by atoms with Crippen LogP contribution in [-0.4, -0.2) is 43.4 Å². The third kappa shape index (κ3) is 4.13. The number of nitrogens with zero attached hydrogens (tertiary/aromatic N) is 1. The maximum absolute atomic E-state index is 12.8. The molecule has 0 aromatic heterocycles. The summed E-state index contributed by atoms with van der Waals surface area (Å²) in [4.78, 5) is 27.0. The van der Waals surface area contributed by atoms with Crippen molar-refractivity contribution < 1.29 is 9.59 Å². The van der Waals surface area contributed by atoms with E-state index >= 15 is 0 Å². The molecular formula is C19H34ClN3O2. The Hall–Kier alpha value is -0.810. The molecule has 0 saturated heterocycles. The Balaban J connectivity index is 0.00000225. The molecule has 2 amide bonds. The zero-order chi connectivity index (χ0) is 17.3. The van der Waals surface area contributed by atoms with Crippen LogP contribution in [0.4, 0.5) is 0 Å². The van der Waals surface area contributed by atoms with Crippen molar-refractivity contribution in [2.45, 2.75) is 63.8 Å². The SMILES string of the molecule is CN(C)C(=O)C1(CNC(=O)C2CC3CCCC(C2)C3N)CCCC1.Cl. The van der Waals surface area contributed by atoms with Gasteiger partial charge in [-0.2, -0.15) is 0 Å². The molecule has 25 heavy (non-hydrogen) atoms. The third-order valence-electron chi connectivity index (χ3n) is 6.81. The first-order chi connectivity index (χ1) is 11.4. The maximum Gasteiger partial charge on any atom is 0.230 e. The van der Waals surface area contributed by atoms with Crippen molar-refractivity contribution in [2.24, 2.45) is 28.9 Å². The summed E-state index contributed by atoms with van der Waals surface area (Å²) in [6.45, 7) is 0.501. The second-order valence-electron chi connectivity index (χ2n) is 8.60. The van der Waals surface area contributed by atoms with E-state index in [2.05, 4.69) is 5.32 Å². The van der Waals surface area contributed by atoms with Gasteiger partial charge in [-0.1, -0.05) is 19.3 Å². The molecule has 2 unspecified atom stereocenters. The Morgan fingerprint density at radius 2 is 1.64 bits per heavy atom. The number of carbonyl (C=O) groups is 2. The van der Waals surface area contributed by atoms with Gasteiger partial charge in [-0.3, -0.25) is 9.59 Å². The lowest BCUT2D eigenvalue weighted by Crippen LogP contribution is -2.51. The minimum Gasteiger partial charge on any atom is -0.355 e. The van der Waals surface area contributed by atoms with Gasteiger partial charge in [0.25, 0.3) is 0 Å². The van der Waals surface area contributed by atoms with Crippen LogP contribution in [0.15, 0.2) is 0 Å². The molecule has 0 spiro atoms. The van der Waals surface area contributed by atoms with Gasteiger partial charge in [0.2, 0.25) is 11.8 Å². The van der Waals surface area contributed by atoms with Gasteiger partial charge in [0.05, 0.1) is 5.41 Å². The van der Waals surface area contributed by atoms with Crippen LogP contribution < -0.4 is 11.1 Å². The van der Waals surface area contributed by atoms with Gasteiger partial charge in [0.15, 0.2) is 0 Å². The highest BCUT2D eigenvalue weighted by Gasteiger charge is 2.44. The smallest absolute Gasteiger partial charge is 0.230 e. The molecule has 3 fully saturated rings. The van der Waals surface area contributed by atoms with Crippen LogP contribution in [0, 0.1) is 23.2 Å². The summed E-state index contributed by atoms with van der Waals surface area (Å²) >= 11 is 0. The number of rotatable bonds is 4. The topological polar surface area (TPSA) is 75.4 Å². The molecule has 2 bridgehead atoms. The average Bonchev–Trinajstić information content (AvgIpc) is 3.01. The summed E-state index contributed by atoms with van der Waals surface area (Å²) in [7, 11) is 3.63. The molecule has 0 aromatic carbocycles. The van der Waals surface area contributed by atoms with E-state index in [1.807, 2.05) is 14.1 Å². The largest absolute Gasteiger partial charge is 0.355 e. The summed E-state index contributed by atoms with van der Waals surface area (Å²) in [5.74, 6) is 1.43. The molecule has 3 aliphatic rings. The first-order valence-electron chi connectivity index (χ1n) is 9.68. The quantitative estimate of drug-likeness (QED) is 0.796. The molecule has 3 saturated carbocycles. The van der Waals surface area contributed by atoms with Crippen LogP contribution in [0.1, 0.15) is 57.8 Å². The lowest BCUT2D eigenvalue weighted by molar-refractivity contribution is -0.139. The fourth-order valence-corrected chi connectivity index (χ4v) is 5.40. The predicted octanol–water partition coefficient (Wildman–Crippen LogP) is 2.33. The number of hydrogen-bond acceptors (Lipinski definition) is 3. The molecular weight excluding hydrogens is 338 g/mol. The molecule has 0 radical (unpaired) electrons. The molecule has 5 nitrogen and oxygen atoms in total. The minimum absolute atomic E-state index is 0. The van der Waals surface area contributed by atoms with Crippen LogP contribution in [-0.2, 0) is 9.59 Å². The lowest BCUT2D eigenvalue weighted by Gasteiger charge is -2.43. The highest BCUT2D eigenvalue weighted by Crippen LogP contribution is 2.42. The van der Waals surface area contributed by atoms with Gasteiger partial charge in [-0.25, -0.2) is 0 Å². The fraction of sp³-hybridized carbons (Fsp3) is 0.895. The highest BCUT2D eigenvalue weighted by atomic mass is 35.5. The number of fused-ring (bicyclic) bond motifs is 2. The van der Waals surface area contributed by atoms with Gasteiger partial charge in [-0.15, -0.1) is 12.4 Å². The van der Waals surface area contributed by atoms with Crippen molar-refractivity contribution in [2.75, 3.05) is 20.6 Å². The summed E-state index contributed by atoms with van der Waals surface area (Å²) in [6, 6.07) is 0.291. The molecule has 0 aromatic rings. The van der Waals surface area contributed by atoms with Crippen molar-refractivity contribution in [3.63, 3.8) is 0 Å². The first kappa shape index (κ1) is 20.5. The number of hydrogen-bond donors (Lipinski definition) is 2. The van der Waals surface area contributed by atoms with Gasteiger partial charge in [-0.05, 0) is 50.4 Å². The van der Waals surface area contributed by atoms with E-state index in [0.29, 0.717) is 24.4 Å².